The fourth-order valence-electron chi connectivity index (χ4n) is 11.7. The molecule has 0 spiro atoms. The zero-order valence-electron chi connectivity index (χ0n) is 55.4. The van der Waals surface area contributed by atoms with Crippen molar-refractivity contribution in [2.45, 2.75) is 198 Å². The molecule has 0 saturated heterocycles. The molecule has 1 unspecified atom stereocenters. The molecule has 7 aromatic rings. The number of benzene rings is 7. The fourth-order valence-corrected chi connectivity index (χ4v) is 14.9. The van der Waals surface area contributed by atoms with E-state index in [1.807, 2.05) is 212 Å². The molecular weight excluding hydrogens is 1220 g/mol. The van der Waals surface area contributed by atoms with Crippen LogP contribution in [0.3, 0.4) is 0 Å². The standard InChI is InChI=1S/C78H102O14P2/c1-3-4-5-6-7-8-9-10-11-12-13-14-15-16-17-39-54-83-62-71(82-2)63-91-94(81,90-61-70-52-37-24-38-53-70)92-77-74(85-56-65-42-27-19-28-43-65)72(78(79)93(80,88-59-68-48-33-22-34-49-68)89-60-69-50-35-23-36-51-69)73(84-55-64-40-25-18-26-41-64)75(86-57-66-44-29-20-30-45-66)76(77)87-58-67-46-31-21-32-47-67/h18-38,40-53,71-79H,3-17,39,54-63H2,1-2H3/t71-,72-,73-,74-,75+,76-,77-,78+,94?/m1/s1. The first-order chi connectivity index (χ1) is 46.2. The molecule has 0 radical (unpaired) electrons. The number of aliphatic hydroxyl groups is 1. The molecule has 0 bridgehead atoms. The maximum absolute atomic E-state index is 16.4. The van der Waals surface area contributed by atoms with E-state index >= 15 is 9.13 Å². The lowest BCUT2D eigenvalue weighted by atomic mass is 9.77. The van der Waals surface area contributed by atoms with E-state index in [4.69, 9.17) is 51.0 Å². The molecule has 508 valence electrons. The zero-order chi connectivity index (χ0) is 65.6. The normalized spacial score (nSPS) is 18.8. The van der Waals surface area contributed by atoms with Gasteiger partial charge in [-0.25, -0.2) is 4.57 Å². The van der Waals surface area contributed by atoms with Crippen molar-refractivity contribution in [3.63, 3.8) is 0 Å². The van der Waals surface area contributed by atoms with Crippen LogP contribution in [-0.4, -0.2) is 74.5 Å². The molecule has 0 aliphatic heterocycles. The Morgan fingerprint density at radius 3 is 1.00 bits per heavy atom. The van der Waals surface area contributed by atoms with Crippen LogP contribution in [0.1, 0.15) is 149 Å². The van der Waals surface area contributed by atoms with Gasteiger partial charge in [-0.3, -0.25) is 18.1 Å². The van der Waals surface area contributed by atoms with Gasteiger partial charge in [0, 0.05) is 13.7 Å². The molecule has 8 rings (SSSR count). The fraction of sp³-hybridized carbons (Fsp3) is 0.462. The van der Waals surface area contributed by atoms with Crippen molar-refractivity contribution in [1.29, 1.82) is 0 Å². The average molecular weight is 1330 g/mol. The van der Waals surface area contributed by atoms with Crippen molar-refractivity contribution < 1.29 is 65.3 Å². The number of phosphoric acid groups is 1. The highest BCUT2D eigenvalue weighted by Gasteiger charge is 2.61. The second-order valence-corrected chi connectivity index (χ2v) is 28.1. The smallest absolute Gasteiger partial charge is 0.380 e. The van der Waals surface area contributed by atoms with Crippen LogP contribution < -0.4 is 0 Å². The minimum atomic E-state index is -4.86. The first-order valence-corrected chi connectivity index (χ1v) is 37.3. The Kier molecular flexibility index (Phi) is 33.9. The number of ether oxygens (including phenoxy) is 6. The Labute approximate surface area is 560 Å². The monoisotopic (exact) mass is 1320 g/mol. The van der Waals surface area contributed by atoms with E-state index in [0.717, 1.165) is 41.5 Å². The molecule has 7 aromatic carbocycles. The van der Waals surface area contributed by atoms with Gasteiger partial charge in [-0.15, -0.1) is 0 Å². The third-order valence-electron chi connectivity index (χ3n) is 17.1. The van der Waals surface area contributed by atoms with Gasteiger partial charge in [-0.05, 0) is 45.4 Å². The van der Waals surface area contributed by atoms with Gasteiger partial charge < -0.3 is 42.6 Å². The summed E-state index contributed by atoms with van der Waals surface area (Å²) in [5.74, 6) is -3.47. The van der Waals surface area contributed by atoms with E-state index in [0.29, 0.717) is 23.3 Å². The molecule has 14 nitrogen and oxygen atoms in total. The van der Waals surface area contributed by atoms with Crippen molar-refractivity contribution in [2.75, 3.05) is 26.9 Å². The third kappa shape index (κ3) is 26.2. The third-order valence-corrected chi connectivity index (χ3v) is 20.4. The molecule has 0 amide bonds. The molecule has 0 heterocycles. The highest BCUT2D eigenvalue weighted by Crippen LogP contribution is 2.61. The van der Waals surface area contributed by atoms with Crippen molar-refractivity contribution in [3.05, 3.63) is 251 Å². The van der Waals surface area contributed by atoms with Gasteiger partial charge in [0.15, 0.2) is 5.85 Å². The molecule has 1 aliphatic carbocycles. The number of phosphoric ester groups is 1. The lowest BCUT2D eigenvalue weighted by Gasteiger charge is -2.51. The Morgan fingerprint density at radius 2 is 0.649 bits per heavy atom. The Bertz CT molecular complexity index is 3090. The number of unbranched alkanes of at least 4 members (excludes halogenated alkanes) is 15. The largest absolute Gasteiger partial charge is 0.475 e. The van der Waals surface area contributed by atoms with Gasteiger partial charge in [0.1, 0.15) is 24.4 Å². The van der Waals surface area contributed by atoms with Gasteiger partial charge in [-0.1, -0.05) is 316 Å². The van der Waals surface area contributed by atoms with Crippen LogP contribution in [0, 0.1) is 5.92 Å². The Balaban J connectivity index is 1.12. The van der Waals surface area contributed by atoms with Crippen LogP contribution in [0.25, 0.3) is 0 Å². The number of aliphatic hydroxyl groups excluding tert-OH is 1. The Morgan fingerprint density at radius 1 is 0.351 bits per heavy atom. The lowest BCUT2D eigenvalue weighted by Crippen LogP contribution is -2.66. The first-order valence-electron chi connectivity index (χ1n) is 34.2. The lowest BCUT2D eigenvalue weighted by molar-refractivity contribution is -0.265. The number of hydrogen-bond acceptors (Lipinski definition) is 14. The molecule has 1 N–H and O–H groups in total. The average Bonchev–Trinajstić information content (AvgIpc) is 0.744. The summed E-state index contributed by atoms with van der Waals surface area (Å²) in [5.41, 5.74) is 5.24. The van der Waals surface area contributed by atoms with Gasteiger partial charge in [0.25, 0.3) is 0 Å². The summed E-state index contributed by atoms with van der Waals surface area (Å²) in [7, 11) is -8.08. The highest BCUT2D eigenvalue weighted by atomic mass is 31.2. The predicted molar refractivity (Wildman–Crippen MR) is 370 cm³/mol. The van der Waals surface area contributed by atoms with Crippen LogP contribution in [0.15, 0.2) is 212 Å². The second-order valence-electron chi connectivity index (χ2n) is 24.4. The van der Waals surface area contributed by atoms with Crippen molar-refractivity contribution in [3.8, 4) is 0 Å². The van der Waals surface area contributed by atoms with E-state index < -0.39 is 63.8 Å². The van der Waals surface area contributed by atoms with Crippen molar-refractivity contribution in [2.24, 2.45) is 5.92 Å². The quantitative estimate of drug-likeness (QED) is 0.0284. The van der Waals surface area contributed by atoms with Crippen LogP contribution in [-0.2, 0) is 106 Å². The van der Waals surface area contributed by atoms with E-state index in [2.05, 4.69) is 6.92 Å². The highest BCUT2D eigenvalue weighted by molar-refractivity contribution is 7.54. The van der Waals surface area contributed by atoms with Gasteiger partial charge >= 0.3 is 15.4 Å². The minimum absolute atomic E-state index is 0.00402. The SMILES string of the molecule is CCCCCCCCCCCCCCCCCCOC[C@H](COP(=O)(OCc1ccccc1)O[C@H]1[C@H](OCc2ccccc2)[C@@H](OCc2ccccc2)[C@H](OCc2ccccc2)[C@@H]([C@@H](O)P(=O)(OCc2ccccc2)OCc2ccccc2)[C@H]1OCc1ccccc1)OC. The van der Waals surface area contributed by atoms with E-state index in [1.165, 1.54) is 83.5 Å². The maximum atomic E-state index is 16.4. The summed E-state index contributed by atoms with van der Waals surface area (Å²) in [6.07, 6.45) is 13.1. The second kappa shape index (κ2) is 42.9. The van der Waals surface area contributed by atoms with Crippen LogP contribution in [0.2, 0.25) is 0 Å². The molecule has 9 atom stereocenters. The van der Waals surface area contributed by atoms with Crippen molar-refractivity contribution in [1.82, 2.24) is 0 Å². The van der Waals surface area contributed by atoms with Gasteiger partial charge in [-0.2, -0.15) is 0 Å². The maximum Gasteiger partial charge on any atom is 0.475 e. The van der Waals surface area contributed by atoms with Crippen LogP contribution >= 0.6 is 15.4 Å². The summed E-state index contributed by atoms with van der Waals surface area (Å²) >= 11 is 0. The topological polar surface area (TPSA) is 156 Å². The van der Waals surface area contributed by atoms with Crippen molar-refractivity contribution >= 4 is 15.4 Å². The van der Waals surface area contributed by atoms with Gasteiger partial charge in [0.05, 0.1) is 77.6 Å². The Hall–Kier alpha value is -5.48. The van der Waals surface area contributed by atoms with Crippen LogP contribution in [0.4, 0.5) is 0 Å². The number of hydrogen-bond donors (Lipinski definition) is 1. The molecule has 0 aromatic heterocycles. The van der Waals surface area contributed by atoms with E-state index in [1.54, 1.807) is 7.11 Å². The molecule has 1 saturated carbocycles. The number of rotatable bonds is 48. The molecule has 94 heavy (non-hydrogen) atoms. The van der Waals surface area contributed by atoms with Crippen LogP contribution in [0.5, 0.6) is 0 Å². The minimum Gasteiger partial charge on any atom is -0.380 e. The number of methoxy groups -OCH3 is 1. The van der Waals surface area contributed by atoms with E-state index in [-0.39, 0.29) is 59.5 Å². The molecular formula is C78H102O14P2. The van der Waals surface area contributed by atoms with Gasteiger partial charge in [0.2, 0.25) is 0 Å². The first kappa shape index (κ1) is 74.3. The van der Waals surface area contributed by atoms with E-state index in [9.17, 15) is 5.11 Å². The molecule has 16 heteroatoms. The summed E-state index contributed by atoms with van der Waals surface area (Å²) in [6, 6.07) is 66.2. The predicted octanol–water partition coefficient (Wildman–Crippen LogP) is 18.9. The molecule has 1 aliphatic rings. The summed E-state index contributed by atoms with van der Waals surface area (Å²) < 4.78 is 107. The summed E-state index contributed by atoms with van der Waals surface area (Å²) in [4.78, 5) is 0. The summed E-state index contributed by atoms with van der Waals surface area (Å²) in [5, 5.41) is 13.7. The zero-order valence-corrected chi connectivity index (χ0v) is 57.1. The summed E-state index contributed by atoms with van der Waals surface area (Å²) in [6.45, 7) is 2.06. The molecule has 1 fully saturated rings.